The van der Waals surface area contributed by atoms with E-state index in [0.29, 0.717) is 38.9 Å². The minimum Gasteiger partial charge on any atom is -0.389 e. The van der Waals surface area contributed by atoms with Gasteiger partial charge in [-0.1, -0.05) is 37.6 Å². The Bertz CT molecular complexity index is 5460. The van der Waals surface area contributed by atoms with E-state index in [1.807, 2.05) is 13.8 Å². The van der Waals surface area contributed by atoms with Crippen LogP contribution in [0.2, 0.25) is 0 Å². The van der Waals surface area contributed by atoms with E-state index >= 15 is 0 Å². The van der Waals surface area contributed by atoms with Gasteiger partial charge in [0, 0.05) is 94.8 Å². The summed E-state index contributed by atoms with van der Waals surface area (Å²) in [6, 6.07) is 7.69. The lowest BCUT2D eigenvalue weighted by atomic mass is 9.98. The summed E-state index contributed by atoms with van der Waals surface area (Å²) < 4.78 is 101. The molecule has 6 saturated heterocycles. The van der Waals surface area contributed by atoms with E-state index in [4.69, 9.17) is 90.0 Å². The summed E-state index contributed by atoms with van der Waals surface area (Å²) in [4.78, 5) is 98.6. The van der Waals surface area contributed by atoms with Gasteiger partial charge in [0.1, 0.15) is 67.2 Å². The Morgan fingerprint density at radius 3 is 0.993 bits per heavy atom. The van der Waals surface area contributed by atoms with Gasteiger partial charge in [0.25, 0.3) is 0 Å². The number of aliphatic hydroxyl groups is 10. The first-order chi connectivity index (χ1) is 64.6. The molecule has 6 aromatic rings. The first-order valence-electron chi connectivity index (χ1n) is 42.6. The quantitative estimate of drug-likeness (QED) is 0.0172. The molecule has 0 spiro atoms. The van der Waals surface area contributed by atoms with Gasteiger partial charge in [-0.25, -0.2) is 33.6 Å². The maximum Gasteiger partial charge on any atom is 0.350 e. The summed E-state index contributed by atoms with van der Waals surface area (Å²) in [5, 5.41) is 128. The summed E-state index contributed by atoms with van der Waals surface area (Å²) in [6.45, 7) is 32.3. The highest BCUT2D eigenvalue weighted by Gasteiger charge is 2.68. The standard InChI is InChI=1S/C14H21N5O5.C14H21N5O4.C13H17F2N5O4.2C13H19N5O5.C11H18N6O4/c1-8(2)23-7-14(17-18-15)11(21)10(20)13(4,24-14)19-6-5-9(3)16-12(19)22;1-8(2)22-7-14(17-18-15)11(20)10(4)12(23-14)19-6-5-9(3)16-13(19)21;1-7(2)23-6-12(18-19-16)9(21)13(14,15)10(24-12)20-5-4-8(3)17-11(20)22;2*1-7(2)22-6-13(16-17-14)10(20)9(19)11(23-13)18-5-4-8(3)15-12(18)21;1-6(2)20-4-11(15-16-12)9(19)8(18)10(21-11)17-5-13-7(3)14-17/h5-6,8,10-11,20-21H,7H2,1-4H3;5-6,8,10-12,20H,7H2,1-4H3;4-5,7,9-10,21H,6H2,1-3H3;2*4-5,7,9-11,19-20H,6H2,1-3H3;5-6,8-10,18-19H,4H2,1-3H3/t10-,11+,13-,14-;10-,11-,12+,14+;9-,10-,12-;9-,10+,11-,13-;9-,10-,11+,13+;8-,9+,10-,11-/m101101/s1. The lowest BCUT2D eigenvalue weighted by molar-refractivity contribution is -0.189. The number of aliphatic hydroxyl groups excluding tert-OH is 10. The minimum absolute atomic E-state index is 0.106. The zero-order chi connectivity index (χ0) is 103. The Morgan fingerprint density at radius 1 is 0.384 bits per heavy atom. The van der Waals surface area contributed by atoms with Crippen LogP contribution in [0.1, 0.15) is 162 Å². The van der Waals surface area contributed by atoms with Crippen molar-refractivity contribution in [2.75, 3.05) is 39.6 Å². The molecule has 0 bridgehead atoms. The molecule has 6 fully saturated rings. The van der Waals surface area contributed by atoms with E-state index in [0.717, 1.165) is 19.9 Å². The highest BCUT2D eigenvalue weighted by molar-refractivity contribution is 5.12. The fourth-order valence-corrected chi connectivity index (χ4v) is 14.1. The molecule has 0 unspecified atom stereocenters. The van der Waals surface area contributed by atoms with E-state index in [9.17, 15) is 83.8 Å². The molecule has 0 amide bonds. The molecule has 60 heteroatoms. The first kappa shape index (κ1) is 113. The van der Waals surface area contributed by atoms with Gasteiger partial charge in [-0.2, -0.15) is 38.8 Å². The van der Waals surface area contributed by atoms with Gasteiger partial charge >= 0.3 is 34.4 Å². The predicted molar refractivity (Wildman–Crippen MR) is 468 cm³/mol. The number of hydrogen-bond donors (Lipinski definition) is 10. The van der Waals surface area contributed by atoms with Crippen molar-refractivity contribution in [1.82, 2.24) is 62.5 Å². The maximum absolute atomic E-state index is 14.5. The highest BCUT2D eigenvalue weighted by Crippen LogP contribution is 2.50. The second kappa shape index (κ2) is 47.8. The number of alkyl halides is 2. The van der Waals surface area contributed by atoms with Crippen LogP contribution in [0.25, 0.3) is 62.7 Å². The van der Waals surface area contributed by atoms with Gasteiger partial charge in [0.15, 0.2) is 36.2 Å². The van der Waals surface area contributed by atoms with Gasteiger partial charge < -0.3 is 108 Å². The fraction of sp³-hybridized carbons (Fsp3) is 0.718. The molecule has 6 aliphatic heterocycles. The molecule has 0 radical (unpaired) electrons. The number of aryl methyl sites for hydroxylation is 6. The molecule has 138 heavy (non-hydrogen) atoms. The molecule has 0 saturated carbocycles. The molecule has 23 atom stereocenters. The molecule has 12 heterocycles. The van der Waals surface area contributed by atoms with E-state index in [1.54, 1.807) is 141 Å². The second-order valence-electron chi connectivity index (χ2n) is 34.1. The van der Waals surface area contributed by atoms with Crippen LogP contribution >= 0.6 is 0 Å². The summed E-state index contributed by atoms with van der Waals surface area (Å²) in [5.74, 6) is -3.91. The van der Waals surface area contributed by atoms with Crippen LogP contribution in [0.4, 0.5) is 8.78 Å². The van der Waals surface area contributed by atoms with Crippen molar-refractivity contribution in [1.29, 1.82) is 0 Å². The average Bonchev–Trinajstić information content (AvgIpc) is 1.58. The fourth-order valence-electron chi connectivity index (χ4n) is 14.1. The zero-order valence-corrected chi connectivity index (χ0v) is 78.8. The van der Waals surface area contributed by atoms with Crippen LogP contribution < -0.4 is 28.4 Å². The first-order valence-corrected chi connectivity index (χ1v) is 42.6. The summed E-state index contributed by atoms with van der Waals surface area (Å²) >= 11 is 0. The molecule has 12 rings (SSSR count). The Labute approximate surface area is 782 Å². The van der Waals surface area contributed by atoms with Crippen molar-refractivity contribution < 1.29 is 117 Å². The lowest BCUT2D eigenvalue weighted by Gasteiger charge is -2.31. The number of hydrogen-bond acceptors (Lipinski definition) is 40. The van der Waals surface area contributed by atoms with Gasteiger partial charge in [-0.15, -0.1) is 0 Å². The van der Waals surface area contributed by atoms with Gasteiger partial charge in [0.05, 0.1) is 82.4 Å². The zero-order valence-electron chi connectivity index (χ0n) is 78.8. The van der Waals surface area contributed by atoms with Crippen LogP contribution in [0.5, 0.6) is 0 Å². The molecule has 10 N–H and O–H groups in total. The summed E-state index contributed by atoms with van der Waals surface area (Å²) in [6.07, 6.45) is -15.2. The normalized spacial score (nSPS) is 30.9. The molecule has 758 valence electrons. The smallest absolute Gasteiger partial charge is 0.350 e. The van der Waals surface area contributed by atoms with Crippen molar-refractivity contribution in [3.8, 4) is 0 Å². The highest BCUT2D eigenvalue weighted by atomic mass is 19.3. The number of rotatable bonds is 30. The number of azide groups is 6. The topological polar surface area (TPSA) is 811 Å². The predicted octanol–water partition coefficient (Wildman–Crippen LogP) is 4.16. The molecule has 6 aliphatic rings. The van der Waals surface area contributed by atoms with Crippen LogP contribution in [-0.2, 0) is 62.6 Å². The van der Waals surface area contributed by atoms with Crippen LogP contribution in [0, 0.1) is 47.5 Å². The SMILES string of the molecule is Cc1ccn([C@@H]2O[C@@](COC(C)C)(N=[N+]=[N-])[C@@H](O)C2(F)F)c(=O)n1.Cc1ccn([C@@H]2O[C@@](COC(C)C)(N=[N+]=[N-])[C@@H](O)[C@@H]2C)c(=O)n1.Cc1ccn([C@@H]2O[C@@](COC(C)C)(N=[N+]=[N-])[C@@H](O)[C@@H]2O)c(=O)n1.Cc1ccn([C@@H]2O[C@@](COC(C)C)(N=[N+]=[N-])[C@@H](O)[C@H]2O)c(=O)n1.Cc1ccn([C@]2(C)O[C@@](COC(C)C)(N=[N+]=[N-])[C@@H](O)[C@H]2O)c(=O)n1.Cc1ncn([C@@H]2O[C@@](COC(C)C)(N=[N+]=[N-])[C@@H](O)[C@H]2O)n1. The molecule has 6 aromatic heterocycles. The van der Waals surface area contributed by atoms with E-state index in [2.05, 4.69) is 95.2 Å². The summed E-state index contributed by atoms with van der Waals surface area (Å²) in [7, 11) is 0. The maximum atomic E-state index is 14.5. The number of nitrogens with zero attached hydrogens (tertiary/aromatic N) is 31. The van der Waals surface area contributed by atoms with Crippen molar-refractivity contribution >= 4 is 0 Å². The molecule has 0 aromatic carbocycles. The van der Waals surface area contributed by atoms with E-state index in [1.165, 1.54) is 54.1 Å². The largest absolute Gasteiger partial charge is 0.389 e. The molecule has 58 nitrogen and oxygen atoms in total. The molecular weight excluding hydrogens is 1840 g/mol. The average molecular weight is 1960 g/mol. The van der Waals surface area contributed by atoms with Crippen molar-refractivity contribution in [3.63, 3.8) is 0 Å². The van der Waals surface area contributed by atoms with Gasteiger partial charge in [-0.3, -0.25) is 22.8 Å². The molecular formula is C78H115F2N31O27. The Kier molecular flexibility index (Phi) is 39.3. The van der Waals surface area contributed by atoms with Crippen molar-refractivity contribution in [3.05, 3.63) is 217 Å². The third-order valence-corrected chi connectivity index (χ3v) is 21.4. The lowest BCUT2D eigenvalue weighted by Crippen LogP contribution is -2.48. The Hall–Kier alpha value is -11.6. The third-order valence-electron chi connectivity index (χ3n) is 21.4. The van der Waals surface area contributed by atoms with E-state index in [-0.39, 0.29) is 69.7 Å². The van der Waals surface area contributed by atoms with Crippen molar-refractivity contribution in [2.24, 2.45) is 36.6 Å². The minimum atomic E-state index is -3.91. The number of aromatic nitrogens is 13. The monoisotopic (exact) mass is 1960 g/mol. The van der Waals surface area contributed by atoms with Crippen LogP contribution in [0.15, 0.2) is 122 Å². The third kappa shape index (κ3) is 26.1. The van der Waals surface area contributed by atoms with Crippen LogP contribution in [0.3, 0.4) is 0 Å². The number of ether oxygens (including phenoxy) is 12. The van der Waals surface area contributed by atoms with Gasteiger partial charge in [-0.05, 0) is 195 Å². The molecule has 0 aliphatic carbocycles. The van der Waals surface area contributed by atoms with Crippen LogP contribution in [-0.4, -0.2) is 291 Å². The van der Waals surface area contributed by atoms with E-state index < -0.39 is 179 Å². The summed E-state index contributed by atoms with van der Waals surface area (Å²) in [5.41, 5.74) is 38.8. The Morgan fingerprint density at radius 2 is 0.667 bits per heavy atom. The van der Waals surface area contributed by atoms with Crippen molar-refractivity contribution in [2.45, 2.75) is 313 Å². The Balaban J connectivity index is 0.000000225. The number of halogens is 2. The second-order valence-corrected chi connectivity index (χ2v) is 34.1. The van der Waals surface area contributed by atoms with Gasteiger partial charge in [0.2, 0.25) is 34.9 Å².